The summed E-state index contributed by atoms with van der Waals surface area (Å²) in [5.74, 6) is 0.463. The maximum absolute atomic E-state index is 5.86. The van der Waals surface area contributed by atoms with Gasteiger partial charge in [0.05, 0.1) is 12.2 Å². The van der Waals surface area contributed by atoms with Crippen LogP contribution in [0.4, 0.5) is 5.13 Å². The molecule has 0 aliphatic rings. The molecule has 0 saturated carbocycles. The molecule has 7 heteroatoms. The lowest BCUT2D eigenvalue weighted by atomic mass is 10.1. The normalized spacial score (nSPS) is 10.9. The first-order valence-electron chi connectivity index (χ1n) is 6.84. The second kappa shape index (κ2) is 9.62. The number of nitrogens with two attached hydrogens (primary N) is 1. The highest BCUT2D eigenvalue weighted by atomic mass is 127. The largest absolute Gasteiger partial charge is 0.370 e. The smallest absolute Gasteiger partial charge is 0.188 e. The van der Waals surface area contributed by atoms with Crippen LogP contribution in [0.15, 0.2) is 40.7 Å². The molecule has 2 aromatic rings. The van der Waals surface area contributed by atoms with Crippen LogP contribution in [-0.2, 0) is 13.0 Å². The van der Waals surface area contributed by atoms with Crippen LogP contribution in [0.5, 0.6) is 0 Å². The Kier molecular flexibility index (Phi) is 8.18. The van der Waals surface area contributed by atoms with E-state index in [9.17, 15) is 0 Å². The average molecular weight is 431 g/mol. The zero-order valence-corrected chi connectivity index (χ0v) is 16.0. The Morgan fingerprint density at radius 3 is 2.68 bits per heavy atom. The van der Waals surface area contributed by atoms with E-state index in [1.807, 2.05) is 42.6 Å². The number of hydrogen-bond donors (Lipinski definition) is 2. The summed E-state index contributed by atoms with van der Waals surface area (Å²) in [6, 6.07) is 10.3. The lowest BCUT2D eigenvalue weighted by molar-refractivity contribution is 0.845. The van der Waals surface area contributed by atoms with Gasteiger partial charge in [0.1, 0.15) is 0 Å². The Morgan fingerprint density at radius 1 is 1.32 bits per heavy atom. The van der Waals surface area contributed by atoms with E-state index in [0.717, 1.165) is 23.8 Å². The monoisotopic (exact) mass is 431 g/mol. The number of nitrogens with one attached hydrogen (secondary N) is 1. The number of halogens is 1. The topological polar surface area (TPSA) is 66.5 Å². The van der Waals surface area contributed by atoms with Crippen molar-refractivity contribution in [1.82, 2.24) is 10.3 Å². The molecule has 0 fully saturated rings. The van der Waals surface area contributed by atoms with Gasteiger partial charge in [0.2, 0.25) is 0 Å². The third kappa shape index (κ3) is 6.18. The molecular formula is C15H22IN5S. The number of hydrogen-bond acceptors (Lipinski definition) is 4. The van der Waals surface area contributed by atoms with Crippen LogP contribution >= 0.6 is 35.3 Å². The number of thiazole rings is 1. The van der Waals surface area contributed by atoms with Crippen LogP contribution in [0.25, 0.3) is 0 Å². The van der Waals surface area contributed by atoms with E-state index in [4.69, 9.17) is 5.73 Å². The van der Waals surface area contributed by atoms with Crippen molar-refractivity contribution in [2.45, 2.75) is 13.0 Å². The predicted octanol–water partition coefficient (Wildman–Crippen LogP) is 2.47. The van der Waals surface area contributed by atoms with Gasteiger partial charge in [-0.05, 0) is 12.0 Å². The highest BCUT2D eigenvalue weighted by molar-refractivity contribution is 14.0. The predicted molar refractivity (Wildman–Crippen MR) is 105 cm³/mol. The lowest BCUT2D eigenvalue weighted by Crippen LogP contribution is -2.33. The van der Waals surface area contributed by atoms with Crippen LogP contribution in [0, 0.1) is 0 Å². The van der Waals surface area contributed by atoms with E-state index >= 15 is 0 Å². The van der Waals surface area contributed by atoms with Gasteiger partial charge < -0.3 is 16.0 Å². The van der Waals surface area contributed by atoms with E-state index in [0.29, 0.717) is 12.5 Å². The van der Waals surface area contributed by atoms with Crippen molar-refractivity contribution >= 4 is 46.4 Å². The Balaban J connectivity index is 0.00000242. The molecule has 0 spiro atoms. The van der Waals surface area contributed by atoms with E-state index < -0.39 is 0 Å². The molecule has 0 unspecified atom stereocenters. The summed E-state index contributed by atoms with van der Waals surface area (Å²) >= 11 is 1.61. The van der Waals surface area contributed by atoms with Gasteiger partial charge in [0.25, 0.3) is 0 Å². The molecule has 5 nitrogen and oxygen atoms in total. The second-order valence-corrected chi connectivity index (χ2v) is 5.72. The fraction of sp³-hybridized carbons (Fsp3) is 0.333. The highest BCUT2D eigenvalue weighted by Gasteiger charge is 2.02. The number of benzene rings is 1. The van der Waals surface area contributed by atoms with Gasteiger partial charge in [-0.3, -0.25) is 0 Å². The summed E-state index contributed by atoms with van der Waals surface area (Å²) in [7, 11) is 3.96. The Labute approximate surface area is 152 Å². The van der Waals surface area contributed by atoms with Crippen molar-refractivity contribution in [3.05, 3.63) is 47.0 Å². The van der Waals surface area contributed by atoms with Crippen LogP contribution in [0.1, 0.15) is 11.3 Å². The van der Waals surface area contributed by atoms with Crippen molar-refractivity contribution < 1.29 is 0 Å². The van der Waals surface area contributed by atoms with Gasteiger partial charge >= 0.3 is 0 Å². The average Bonchev–Trinajstić information content (AvgIpc) is 2.95. The maximum atomic E-state index is 5.86. The SMILES string of the molecule is CN(C)c1nc(CN=C(N)NCCc2ccccc2)cs1.I. The summed E-state index contributed by atoms with van der Waals surface area (Å²) in [5, 5.41) is 6.12. The minimum absolute atomic E-state index is 0. The number of nitrogens with zero attached hydrogens (tertiary/aromatic N) is 3. The first-order valence-corrected chi connectivity index (χ1v) is 7.72. The third-order valence-electron chi connectivity index (χ3n) is 2.90. The Bertz CT molecular complexity index is 583. The molecule has 0 saturated heterocycles. The van der Waals surface area contributed by atoms with Crippen molar-refractivity contribution in [2.24, 2.45) is 10.7 Å². The summed E-state index contributed by atoms with van der Waals surface area (Å²) in [6.45, 7) is 1.29. The molecule has 3 N–H and O–H groups in total. The van der Waals surface area contributed by atoms with Crippen molar-refractivity contribution in [3.8, 4) is 0 Å². The fourth-order valence-electron chi connectivity index (χ4n) is 1.78. The highest BCUT2D eigenvalue weighted by Crippen LogP contribution is 2.18. The first-order chi connectivity index (χ1) is 10.1. The van der Waals surface area contributed by atoms with E-state index in [2.05, 4.69) is 27.4 Å². The van der Waals surface area contributed by atoms with Crippen LogP contribution in [-0.4, -0.2) is 31.6 Å². The van der Waals surface area contributed by atoms with Crippen molar-refractivity contribution in [2.75, 3.05) is 25.5 Å². The van der Waals surface area contributed by atoms with Gasteiger partial charge in [-0.25, -0.2) is 9.98 Å². The lowest BCUT2D eigenvalue weighted by Gasteiger charge is -2.06. The molecule has 120 valence electrons. The molecule has 0 bridgehead atoms. The zero-order chi connectivity index (χ0) is 15.1. The Hall–Kier alpha value is -1.35. The standard InChI is InChI=1S/C15H21N5S.HI/c1-20(2)15-19-13(11-21-15)10-18-14(16)17-9-8-12-6-4-3-5-7-12;/h3-7,11H,8-10H2,1-2H3,(H3,16,17,18);1H. The zero-order valence-electron chi connectivity index (χ0n) is 12.8. The van der Waals surface area contributed by atoms with Gasteiger partial charge in [-0.1, -0.05) is 30.3 Å². The second-order valence-electron chi connectivity index (χ2n) is 4.88. The van der Waals surface area contributed by atoms with E-state index in [1.54, 1.807) is 11.3 Å². The van der Waals surface area contributed by atoms with Gasteiger partial charge in [-0.2, -0.15) is 0 Å². The molecular weight excluding hydrogens is 409 g/mol. The van der Waals surface area contributed by atoms with Crippen LogP contribution < -0.4 is 16.0 Å². The summed E-state index contributed by atoms with van der Waals surface area (Å²) in [5.41, 5.74) is 8.08. The number of aliphatic imine (C=N–C) groups is 1. The number of rotatable bonds is 6. The molecule has 0 atom stereocenters. The third-order valence-corrected chi connectivity index (χ3v) is 3.95. The molecule has 2 rings (SSSR count). The molecule has 22 heavy (non-hydrogen) atoms. The van der Waals surface area contributed by atoms with E-state index in [1.165, 1.54) is 5.56 Å². The molecule has 0 amide bonds. The summed E-state index contributed by atoms with van der Waals surface area (Å²) in [4.78, 5) is 10.8. The van der Waals surface area contributed by atoms with Crippen molar-refractivity contribution in [3.63, 3.8) is 0 Å². The van der Waals surface area contributed by atoms with E-state index in [-0.39, 0.29) is 24.0 Å². The van der Waals surface area contributed by atoms with Gasteiger partial charge in [0, 0.05) is 26.0 Å². The minimum Gasteiger partial charge on any atom is -0.370 e. The Morgan fingerprint density at radius 2 is 2.05 bits per heavy atom. The molecule has 1 aromatic carbocycles. The molecule has 0 aliphatic heterocycles. The van der Waals surface area contributed by atoms with Crippen LogP contribution in [0.3, 0.4) is 0 Å². The minimum atomic E-state index is 0. The number of aromatic nitrogens is 1. The number of guanidine groups is 1. The fourth-order valence-corrected chi connectivity index (χ4v) is 2.53. The quantitative estimate of drug-likeness (QED) is 0.419. The molecule has 1 heterocycles. The first kappa shape index (κ1) is 18.7. The van der Waals surface area contributed by atoms with Crippen LogP contribution in [0.2, 0.25) is 0 Å². The summed E-state index contributed by atoms with van der Waals surface area (Å²) < 4.78 is 0. The maximum Gasteiger partial charge on any atom is 0.188 e. The van der Waals surface area contributed by atoms with Gasteiger partial charge in [0.15, 0.2) is 11.1 Å². The molecule has 0 aliphatic carbocycles. The summed E-state index contributed by atoms with van der Waals surface area (Å²) in [6.07, 6.45) is 0.929. The number of anilines is 1. The van der Waals surface area contributed by atoms with Crippen molar-refractivity contribution in [1.29, 1.82) is 0 Å². The molecule has 0 radical (unpaired) electrons. The molecule has 1 aromatic heterocycles. The van der Waals surface area contributed by atoms with Gasteiger partial charge in [-0.15, -0.1) is 35.3 Å².